The lowest BCUT2D eigenvalue weighted by Gasteiger charge is -2.08. The lowest BCUT2D eigenvalue weighted by atomic mass is 9.96. The van der Waals surface area contributed by atoms with Crippen LogP contribution in [0.1, 0.15) is 31.8 Å². The first-order chi connectivity index (χ1) is 10.9. The maximum Gasteiger partial charge on any atom is 0.336 e. The second-order valence-electron chi connectivity index (χ2n) is 5.03. The van der Waals surface area contributed by atoms with Crippen LogP contribution in [0, 0.1) is 0 Å². The molecule has 4 N–H and O–H groups in total. The first kappa shape index (κ1) is 16.4. The van der Waals surface area contributed by atoms with Crippen LogP contribution in [0.25, 0.3) is 0 Å². The van der Waals surface area contributed by atoms with Crippen LogP contribution in [-0.2, 0) is 11.2 Å². The number of carboxylic acid groups (broad SMARTS) is 2. The molecule has 0 fully saturated rings. The SMILES string of the molecule is N[C@@H](Cc1ccc(C(=O)c2ccccc2C(=O)O)cc1)C(=O)O. The van der Waals surface area contributed by atoms with Gasteiger partial charge in [-0.2, -0.15) is 0 Å². The largest absolute Gasteiger partial charge is 0.480 e. The molecule has 6 nitrogen and oxygen atoms in total. The minimum atomic E-state index is -1.17. The van der Waals surface area contributed by atoms with Crippen LogP contribution in [0.2, 0.25) is 0 Å². The number of aliphatic carboxylic acids is 1. The molecule has 23 heavy (non-hydrogen) atoms. The second-order valence-corrected chi connectivity index (χ2v) is 5.03. The van der Waals surface area contributed by atoms with Gasteiger partial charge in [-0.15, -0.1) is 0 Å². The maximum absolute atomic E-state index is 12.4. The van der Waals surface area contributed by atoms with Crippen LogP contribution in [0.5, 0.6) is 0 Å². The molecule has 0 aromatic heterocycles. The average Bonchev–Trinajstić information content (AvgIpc) is 2.54. The number of aromatic carboxylic acids is 1. The van der Waals surface area contributed by atoms with Gasteiger partial charge in [-0.1, -0.05) is 42.5 Å². The highest BCUT2D eigenvalue weighted by Gasteiger charge is 2.18. The Morgan fingerprint density at radius 3 is 2.00 bits per heavy atom. The monoisotopic (exact) mass is 313 g/mol. The van der Waals surface area contributed by atoms with Gasteiger partial charge in [0.1, 0.15) is 6.04 Å². The Labute approximate surface area is 132 Å². The summed E-state index contributed by atoms with van der Waals surface area (Å²) in [7, 11) is 0. The van der Waals surface area contributed by atoms with Crippen LogP contribution in [0.15, 0.2) is 48.5 Å². The molecule has 118 valence electrons. The minimum Gasteiger partial charge on any atom is -0.480 e. The van der Waals surface area contributed by atoms with Crippen molar-refractivity contribution in [2.24, 2.45) is 5.73 Å². The maximum atomic E-state index is 12.4. The van der Waals surface area contributed by atoms with E-state index in [1.165, 1.54) is 24.3 Å². The topological polar surface area (TPSA) is 118 Å². The van der Waals surface area contributed by atoms with Gasteiger partial charge < -0.3 is 15.9 Å². The number of carbonyl (C=O) groups excluding carboxylic acids is 1. The number of carbonyl (C=O) groups is 3. The molecule has 0 bridgehead atoms. The molecule has 0 spiro atoms. The minimum absolute atomic E-state index is 0.0607. The summed E-state index contributed by atoms with van der Waals surface area (Å²) in [5, 5.41) is 17.9. The van der Waals surface area contributed by atoms with Gasteiger partial charge in [0, 0.05) is 11.1 Å². The predicted octanol–water partition coefficient (Wildman–Crippen LogP) is 1.57. The van der Waals surface area contributed by atoms with Gasteiger partial charge in [-0.3, -0.25) is 9.59 Å². The molecular weight excluding hydrogens is 298 g/mol. The van der Waals surface area contributed by atoms with Crippen LogP contribution >= 0.6 is 0 Å². The summed E-state index contributed by atoms with van der Waals surface area (Å²) in [6.45, 7) is 0. The number of ketones is 1. The van der Waals surface area contributed by atoms with Gasteiger partial charge in [0.15, 0.2) is 5.78 Å². The van der Waals surface area contributed by atoms with Gasteiger partial charge in [0.2, 0.25) is 0 Å². The van der Waals surface area contributed by atoms with Crippen LogP contribution in [0.4, 0.5) is 0 Å². The summed E-state index contributed by atoms with van der Waals surface area (Å²) >= 11 is 0. The summed E-state index contributed by atoms with van der Waals surface area (Å²) in [6.07, 6.45) is 0.148. The molecule has 0 heterocycles. The zero-order chi connectivity index (χ0) is 17.0. The average molecular weight is 313 g/mol. The highest BCUT2D eigenvalue weighted by atomic mass is 16.4. The summed E-state index contributed by atoms with van der Waals surface area (Å²) in [5.41, 5.74) is 6.51. The van der Waals surface area contributed by atoms with Crippen molar-refractivity contribution in [3.63, 3.8) is 0 Å². The third-order valence-corrected chi connectivity index (χ3v) is 3.39. The highest BCUT2D eigenvalue weighted by Crippen LogP contribution is 2.16. The molecule has 1 atom stereocenters. The fraction of sp³-hybridized carbons (Fsp3) is 0.118. The van der Waals surface area contributed by atoms with Crippen molar-refractivity contribution < 1.29 is 24.6 Å². The summed E-state index contributed by atoms with van der Waals surface area (Å²) in [5.74, 6) is -2.67. The molecule has 2 aromatic carbocycles. The molecule has 6 heteroatoms. The van der Waals surface area contributed by atoms with E-state index in [0.29, 0.717) is 11.1 Å². The van der Waals surface area contributed by atoms with Gasteiger partial charge in [-0.05, 0) is 18.1 Å². The van der Waals surface area contributed by atoms with E-state index < -0.39 is 23.8 Å². The summed E-state index contributed by atoms with van der Waals surface area (Å²) < 4.78 is 0. The van der Waals surface area contributed by atoms with E-state index in [0.717, 1.165) is 0 Å². The van der Waals surface area contributed by atoms with E-state index in [9.17, 15) is 14.4 Å². The van der Waals surface area contributed by atoms with E-state index in [1.807, 2.05) is 0 Å². The zero-order valence-corrected chi connectivity index (χ0v) is 12.1. The molecule has 0 aliphatic carbocycles. The Bertz CT molecular complexity index is 752. The molecule has 0 unspecified atom stereocenters. The first-order valence-corrected chi connectivity index (χ1v) is 6.84. The fourth-order valence-corrected chi connectivity index (χ4v) is 2.16. The summed E-state index contributed by atoms with van der Waals surface area (Å²) in [4.78, 5) is 34.3. The molecule has 0 radical (unpaired) electrons. The predicted molar refractivity (Wildman–Crippen MR) is 82.6 cm³/mol. The van der Waals surface area contributed by atoms with E-state index in [-0.39, 0.29) is 17.5 Å². The number of rotatable bonds is 6. The third-order valence-electron chi connectivity index (χ3n) is 3.39. The molecule has 0 aliphatic heterocycles. The van der Waals surface area contributed by atoms with Gasteiger partial charge >= 0.3 is 11.9 Å². The Kier molecular flexibility index (Phi) is 4.88. The number of carboxylic acids is 2. The third kappa shape index (κ3) is 3.81. The van der Waals surface area contributed by atoms with Crippen LogP contribution in [-0.4, -0.2) is 34.0 Å². The molecule has 0 amide bonds. The van der Waals surface area contributed by atoms with E-state index in [2.05, 4.69) is 0 Å². The van der Waals surface area contributed by atoms with Crippen molar-refractivity contribution in [1.29, 1.82) is 0 Å². The number of hydrogen-bond donors (Lipinski definition) is 3. The Balaban J connectivity index is 2.25. The van der Waals surface area contributed by atoms with Crippen molar-refractivity contribution in [1.82, 2.24) is 0 Å². The van der Waals surface area contributed by atoms with Crippen LogP contribution in [0.3, 0.4) is 0 Å². The Hall–Kier alpha value is -2.99. The van der Waals surface area contributed by atoms with Crippen molar-refractivity contribution in [3.8, 4) is 0 Å². The lowest BCUT2D eigenvalue weighted by Crippen LogP contribution is -2.32. The normalized spacial score (nSPS) is 11.7. The molecule has 0 aliphatic rings. The number of hydrogen-bond acceptors (Lipinski definition) is 4. The highest BCUT2D eigenvalue weighted by molar-refractivity contribution is 6.14. The number of benzene rings is 2. The standard InChI is InChI=1S/C17H15NO5/c18-14(17(22)23)9-10-5-7-11(8-6-10)15(19)12-3-1-2-4-13(12)16(20)21/h1-8,14H,9,18H2,(H,20,21)(H,22,23)/t14-/m0/s1. The van der Waals surface area contributed by atoms with Gasteiger partial charge in [0.25, 0.3) is 0 Å². The van der Waals surface area contributed by atoms with Crippen molar-refractivity contribution in [2.45, 2.75) is 12.5 Å². The Morgan fingerprint density at radius 1 is 0.913 bits per heavy atom. The lowest BCUT2D eigenvalue weighted by molar-refractivity contribution is -0.138. The smallest absolute Gasteiger partial charge is 0.336 e. The molecule has 0 saturated carbocycles. The fourth-order valence-electron chi connectivity index (χ4n) is 2.16. The first-order valence-electron chi connectivity index (χ1n) is 6.84. The Morgan fingerprint density at radius 2 is 1.48 bits per heavy atom. The zero-order valence-electron chi connectivity index (χ0n) is 12.1. The molecule has 0 saturated heterocycles. The molecule has 2 aromatic rings. The van der Waals surface area contributed by atoms with Crippen molar-refractivity contribution in [3.05, 3.63) is 70.8 Å². The van der Waals surface area contributed by atoms with Crippen molar-refractivity contribution >= 4 is 17.7 Å². The quantitative estimate of drug-likeness (QED) is 0.697. The van der Waals surface area contributed by atoms with E-state index >= 15 is 0 Å². The number of nitrogens with two attached hydrogens (primary N) is 1. The summed E-state index contributed by atoms with van der Waals surface area (Å²) in [6, 6.07) is 11.3. The van der Waals surface area contributed by atoms with Crippen LogP contribution < -0.4 is 5.73 Å². The van der Waals surface area contributed by atoms with E-state index in [1.54, 1.807) is 24.3 Å². The molecular formula is C17H15NO5. The molecule has 2 rings (SSSR count). The van der Waals surface area contributed by atoms with Gasteiger partial charge in [0.05, 0.1) is 5.56 Å². The van der Waals surface area contributed by atoms with E-state index in [4.69, 9.17) is 15.9 Å². The second kappa shape index (κ2) is 6.85. The van der Waals surface area contributed by atoms with Gasteiger partial charge in [-0.25, -0.2) is 4.79 Å². The van der Waals surface area contributed by atoms with Crippen molar-refractivity contribution in [2.75, 3.05) is 0 Å².